The highest BCUT2D eigenvalue weighted by atomic mass is 16.6. The maximum atomic E-state index is 14.5. The number of nitrogens with two attached hydrogens (primary N) is 1. The van der Waals surface area contributed by atoms with Crippen LogP contribution in [0.1, 0.15) is 101 Å². The number of Topliss-reactive ketones (excluding diaryl/α,β-unsaturated/α-hetero) is 1. The van der Waals surface area contributed by atoms with Gasteiger partial charge in [0, 0.05) is 43.6 Å². The first kappa shape index (κ1) is 40.0. The number of amides is 5. The van der Waals surface area contributed by atoms with Crippen molar-refractivity contribution in [3.8, 4) is 0 Å². The van der Waals surface area contributed by atoms with E-state index in [1.807, 2.05) is 6.92 Å². The van der Waals surface area contributed by atoms with Crippen LogP contribution in [-0.4, -0.2) is 81.7 Å². The second-order valence-electron chi connectivity index (χ2n) is 14.1. The first-order valence-corrected chi connectivity index (χ1v) is 17.7. The number of H-pyrrole nitrogens is 1. The molecule has 4 atom stereocenters. The molecule has 1 aromatic carbocycles. The van der Waals surface area contributed by atoms with Crippen molar-refractivity contribution in [2.75, 3.05) is 13.1 Å². The van der Waals surface area contributed by atoms with Gasteiger partial charge in [0.1, 0.15) is 11.6 Å². The number of unbranched alkanes of at least 4 members (excludes halogenated alkanes) is 1. The molecule has 1 aromatic heterocycles. The average Bonchev–Trinajstić information content (AvgIpc) is 3.58. The van der Waals surface area contributed by atoms with Gasteiger partial charge in [-0.3, -0.25) is 14.4 Å². The molecule has 1 heterocycles. The van der Waals surface area contributed by atoms with Crippen molar-refractivity contribution in [2.45, 2.75) is 116 Å². The van der Waals surface area contributed by atoms with Gasteiger partial charge in [-0.05, 0) is 57.2 Å². The number of imidazole rings is 1. The summed E-state index contributed by atoms with van der Waals surface area (Å²) in [6.45, 7) is 7.43. The minimum Gasteiger partial charge on any atom is -0.444 e. The molecule has 2 aromatic rings. The monoisotopic (exact) mass is 697 g/mol. The lowest BCUT2D eigenvalue weighted by molar-refractivity contribution is -0.133. The van der Waals surface area contributed by atoms with Crippen molar-refractivity contribution in [3.63, 3.8) is 0 Å². The lowest BCUT2D eigenvalue weighted by Gasteiger charge is -2.32. The molecule has 0 radical (unpaired) electrons. The summed E-state index contributed by atoms with van der Waals surface area (Å²) in [4.78, 5) is 72.8. The predicted octanol–water partition coefficient (Wildman–Crippen LogP) is 3.29. The van der Waals surface area contributed by atoms with Crippen molar-refractivity contribution < 1.29 is 33.8 Å². The number of aromatic nitrogens is 2. The first-order valence-electron chi connectivity index (χ1n) is 17.7. The number of alkyl carbamates (subject to hydrolysis) is 1. The molecular formula is C36H55N7O7. The number of nitrogens with one attached hydrogen (secondary N) is 5. The summed E-state index contributed by atoms with van der Waals surface area (Å²) in [7, 11) is 0. The molecule has 0 saturated heterocycles. The molecule has 0 unspecified atom stereocenters. The van der Waals surface area contributed by atoms with Crippen LogP contribution in [0.15, 0.2) is 36.8 Å². The van der Waals surface area contributed by atoms with Gasteiger partial charge in [-0.2, -0.15) is 0 Å². The fraction of sp³-hybridized carbons (Fsp3) is 0.611. The number of hydrogen-bond donors (Lipinski definition) is 7. The van der Waals surface area contributed by atoms with Crippen molar-refractivity contribution >= 4 is 29.7 Å². The molecule has 50 heavy (non-hydrogen) atoms. The van der Waals surface area contributed by atoms with E-state index in [1.165, 1.54) is 12.4 Å². The Labute approximate surface area is 294 Å². The summed E-state index contributed by atoms with van der Waals surface area (Å²) >= 11 is 0. The molecule has 0 aliphatic heterocycles. The van der Waals surface area contributed by atoms with Crippen LogP contribution in [-0.2, 0) is 27.2 Å². The SMILES string of the molecule is CCCCNC(=O)NC[C@@H](O)[C@H](CC1CCCCC1)C(=O)[C@H](Cc1c[nH]cn1)NC(=O)[C@H](Cc1cccc(C(N)=O)c1)NC(=O)OC(C)(C)C. The number of nitrogens with zero attached hydrogens (tertiary/aromatic N) is 1. The number of ketones is 1. The Bertz CT molecular complexity index is 1400. The quantitative estimate of drug-likeness (QED) is 0.114. The molecule has 14 nitrogen and oxygen atoms in total. The number of hydrogen-bond acceptors (Lipinski definition) is 8. The van der Waals surface area contributed by atoms with Crippen LogP contribution in [0.25, 0.3) is 0 Å². The lowest BCUT2D eigenvalue weighted by atomic mass is 9.78. The van der Waals surface area contributed by atoms with Crippen LogP contribution in [0.4, 0.5) is 9.59 Å². The Kier molecular flexibility index (Phi) is 15.7. The maximum absolute atomic E-state index is 14.5. The Morgan fingerprint density at radius 3 is 2.42 bits per heavy atom. The lowest BCUT2D eigenvalue weighted by Crippen LogP contribution is -2.56. The summed E-state index contributed by atoms with van der Waals surface area (Å²) in [5.41, 5.74) is 5.91. The van der Waals surface area contributed by atoms with Crippen molar-refractivity contribution in [3.05, 3.63) is 53.6 Å². The molecule has 14 heteroatoms. The molecule has 3 rings (SSSR count). The van der Waals surface area contributed by atoms with Crippen LogP contribution in [0, 0.1) is 11.8 Å². The highest BCUT2D eigenvalue weighted by molar-refractivity contribution is 5.94. The number of carbonyl (C=O) groups is 5. The van der Waals surface area contributed by atoms with Gasteiger partial charge in [-0.1, -0.05) is 57.6 Å². The van der Waals surface area contributed by atoms with Crippen molar-refractivity contribution in [1.29, 1.82) is 0 Å². The number of urea groups is 1. The van der Waals surface area contributed by atoms with E-state index in [1.54, 1.807) is 45.2 Å². The fourth-order valence-corrected chi connectivity index (χ4v) is 6.14. The number of carbonyl (C=O) groups excluding carboxylic acids is 5. The number of benzene rings is 1. The van der Waals surface area contributed by atoms with E-state index in [2.05, 4.69) is 31.2 Å². The zero-order chi connectivity index (χ0) is 36.7. The van der Waals surface area contributed by atoms with Crippen LogP contribution >= 0.6 is 0 Å². The van der Waals surface area contributed by atoms with Gasteiger partial charge in [-0.25, -0.2) is 14.6 Å². The fourth-order valence-electron chi connectivity index (χ4n) is 6.14. The minimum absolute atomic E-state index is 0.0171. The van der Waals surface area contributed by atoms with Crippen molar-refractivity contribution in [2.24, 2.45) is 17.6 Å². The average molecular weight is 698 g/mol. The largest absolute Gasteiger partial charge is 0.444 e. The normalized spacial score (nSPS) is 15.9. The smallest absolute Gasteiger partial charge is 0.408 e. The third kappa shape index (κ3) is 13.8. The Morgan fingerprint density at radius 1 is 1.04 bits per heavy atom. The van der Waals surface area contributed by atoms with Crippen LogP contribution in [0.3, 0.4) is 0 Å². The minimum atomic E-state index is -1.22. The van der Waals surface area contributed by atoms with Gasteiger partial charge >= 0.3 is 12.1 Å². The van der Waals surface area contributed by atoms with Crippen LogP contribution in [0.2, 0.25) is 0 Å². The molecule has 1 aliphatic carbocycles. The second-order valence-corrected chi connectivity index (χ2v) is 14.1. The number of aliphatic hydroxyl groups is 1. The van der Waals surface area contributed by atoms with E-state index in [0.717, 1.165) is 44.9 Å². The summed E-state index contributed by atoms with van der Waals surface area (Å²) in [5, 5.41) is 22.3. The van der Waals surface area contributed by atoms with Crippen LogP contribution in [0.5, 0.6) is 0 Å². The summed E-state index contributed by atoms with van der Waals surface area (Å²) in [5.74, 6) is -2.42. The molecule has 0 spiro atoms. The Balaban J connectivity index is 1.90. The van der Waals surface area contributed by atoms with Gasteiger partial charge in [-0.15, -0.1) is 0 Å². The number of ether oxygens (including phenoxy) is 1. The number of aliphatic hydroxyl groups excluding tert-OH is 1. The Morgan fingerprint density at radius 2 is 1.78 bits per heavy atom. The second kappa shape index (κ2) is 19.7. The van der Waals surface area contributed by atoms with Gasteiger partial charge in [0.15, 0.2) is 5.78 Å². The summed E-state index contributed by atoms with van der Waals surface area (Å²) in [6, 6.07) is 3.62. The molecule has 1 fully saturated rings. The van der Waals surface area contributed by atoms with E-state index in [0.29, 0.717) is 24.2 Å². The van der Waals surface area contributed by atoms with Crippen molar-refractivity contribution in [1.82, 2.24) is 31.2 Å². The van der Waals surface area contributed by atoms with E-state index < -0.39 is 59.4 Å². The highest BCUT2D eigenvalue weighted by Crippen LogP contribution is 2.31. The first-order chi connectivity index (χ1) is 23.8. The van der Waals surface area contributed by atoms with E-state index in [4.69, 9.17) is 10.5 Å². The molecule has 8 N–H and O–H groups in total. The zero-order valence-corrected chi connectivity index (χ0v) is 29.8. The van der Waals surface area contributed by atoms with Gasteiger partial charge < -0.3 is 41.8 Å². The summed E-state index contributed by atoms with van der Waals surface area (Å²) < 4.78 is 5.43. The van der Waals surface area contributed by atoms with E-state index in [9.17, 15) is 29.1 Å². The molecule has 0 bridgehead atoms. The van der Waals surface area contributed by atoms with E-state index >= 15 is 0 Å². The highest BCUT2D eigenvalue weighted by Gasteiger charge is 2.37. The number of rotatable bonds is 18. The molecule has 1 aliphatic rings. The predicted molar refractivity (Wildman–Crippen MR) is 188 cm³/mol. The van der Waals surface area contributed by atoms with Gasteiger partial charge in [0.25, 0.3) is 0 Å². The Hall–Kier alpha value is -4.46. The third-order valence-corrected chi connectivity index (χ3v) is 8.72. The van der Waals surface area contributed by atoms with Gasteiger partial charge in [0.2, 0.25) is 11.8 Å². The standard InChI is InChI=1S/C36H55N7O7/c1-5-6-15-39-34(48)40-21-30(44)27(17-23-11-8-7-9-12-23)31(45)28(19-26-20-38-22-41-26)42-33(47)29(43-35(49)50-36(2,3)4)18-24-13-10-14-25(16-24)32(37)46/h10,13-14,16,20,22-23,27-30,44H,5-9,11-12,15,17-19,21H2,1-4H3,(H2,37,46)(H,38,41)(H,42,47)(H,43,49)(H2,39,40,48)/t27-,28-,29-,30+/m0/s1. The topological polar surface area (TPSA) is 218 Å². The third-order valence-electron chi connectivity index (χ3n) is 8.72. The molecule has 276 valence electrons. The molecule has 1 saturated carbocycles. The molecule has 5 amide bonds. The number of primary amides is 1. The molecular weight excluding hydrogens is 642 g/mol. The summed E-state index contributed by atoms with van der Waals surface area (Å²) in [6.07, 6.45) is 8.14. The zero-order valence-electron chi connectivity index (χ0n) is 29.8. The van der Waals surface area contributed by atoms with Gasteiger partial charge in [0.05, 0.1) is 24.2 Å². The maximum Gasteiger partial charge on any atom is 0.408 e. The number of aromatic amines is 1. The van der Waals surface area contributed by atoms with E-state index in [-0.39, 0.29) is 30.9 Å². The van der Waals surface area contributed by atoms with Crippen LogP contribution < -0.4 is 27.0 Å².